The van der Waals surface area contributed by atoms with E-state index in [4.69, 9.17) is 20.4 Å². The number of hydrogen-bond donors (Lipinski definition) is 4. The molecule has 10 nitrogen and oxygen atoms in total. The molecule has 2 aliphatic heterocycles. The molecule has 4 N–H and O–H groups in total. The number of carbonyl (C=O) groups excluding carboxylic acids is 4. The first-order valence-electron chi connectivity index (χ1n) is 8.77. The third kappa shape index (κ3) is 10.6. The van der Waals surface area contributed by atoms with Gasteiger partial charge < -0.3 is 29.9 Å². The number of esters is 4. The molecule has 0 aromatic heterocycles. The molecule has 0 spiro atoms. The van der Waals surface area contributed by atoms with Crippen LogP contribution in [0.3, 0.4) is 0 Å². The number of aliphatic hydroxyl groups excluding tert-OH is 4. The van der Waals surface area contributed by atoms with E-state index >= 15 is 0 Å². The maximum absolute atomic E-state index is 10.8. The van der Waals surface area contributed by atoms with Gasteiger partial charge in [0, 0.05) is 17.6 Å². The van der Waals surface area contributed by atoms with Crippen LogP contribution in [0.2, 0.25) is 0 Å². The van der Waals surface area contributed by atoms with Crippen LogP contribution in [0.25, 0.3) is 0 Å². The van der Waals surface area contributed by atoms with Gasteiger partial charge in [-0.25, -0.2) is 19.2 Å². The van der Waals surface area contributed by atoms with Crippen molar-refractivity contribution in [3.63, 3.8) is 0 Å². The lowest BCUT2D eigenvalue weighted by molar-refractivity contribution is -0.150. The highest BCUT2D eigenvalue weighted by Crippen LogP contribution is 2.18. The van der Waals surface area contributed by atoms with Crippen LogP contribution in [0.4, 0.5) is 0 Å². The van der Waals surface area contributed by atoms with Gasteiger partial charge in [-0.05, 0) is 19.1 Å². The zero-order valence-corrected chi connectivity index (χ0v) is 16.9. The molecule has 2 heterocycles. The first kappa shape index (κ1) is 27.1. The van der Waals surface area contributed by atoms with E-state index in [0.29, 0.717) is 11.1 Å². The molecule has 2 aliphatic rings. The van der Waals surface area contributed by atoms with Crippen molar-refractivity contribution < 1.29 is 49.1 Å². The molecule has 0 bridgehead atoms. The second-order valence-corrected chi connectivity index (χ2v) is 6.81. The summed E-state index contributed by atoms with van der Waals surface area (Å²) < 4.78 is 8.33. The molecule has 0 radical (unpaired) electrons. The fraction of sp³-hybridized carbons (Fsp3) is 0.400. The summed E-state index contributed by atoms with van der Waals surface area (Å²) >= 11 is 0. The Bertz CT molecular complexity index is 710. The van der Waals surface area contributed by atoms with Crippen molar-refractivity contribution in [1.82, 2.24) is 0 Å². The largest absolute Gasteiger partial charge is 0.396 e. The van der Waals surface area contributed by atoms with Gasteiger partial charge in [0.15, 0.2) is 0 Å². The predicted octanol–water partition coefficient (Wildman–Crippen LogP) is -0.0201. The number of aliphatic hydroxyl groups is 4. The SMILES string of the molecule is CC(C)(CO)CO.CC(O)CO.O=C1C=CC(=O)O1.O=C1OC(=O)c2ccccc21. The summed E-state index contributed by atoms with van der Waals surface area (Å²) in [5, 5.41) is 32.9. The fourth-order valence-electron chi connectivity index (χ4n) is 1.39. The van der Waals surface area contributed by atoms with E-state index in [2.05, 4.69) is 9.47 Å². The van der Waals surface area contributed by atoms with Gasteiger partial charge in [-0.15, -0.1) is 0 Å². The normalized spacial score (nSPS) is 14.8. The van der Waals surface area contributed by atoms with Crippen molar-refractivity contribution in [3.05, 3.63) is 47.5 Å². The predicted molar refractivity (Wildman–Crippen MR) is 103 cm³/mol. The van der Waals surface area contributed by atoms with Crippen molar-refractivity contribution >= 4 is 23.9 Å². The Kier molecular flexibility index (Phi) is 12.0. The lowest BCUT2D eigenvalue weighted by Crippen LogP contribution is -2.20. The molecule has 0 amide bonds. The summed E-state index contributed by atoms with van der Waals surface area (Å²) in [6.07, 6.45) is 1.61. The minimum atomic E-state index is -0.579. The third-order valence-electron chi connectivity index (χ3n) is 3.23. The highest BCUT2D eigenvalue weighted by Gasteiger charge is 2.28. The Morgan fingerprint density at radius 3 is 1.40 bits per heavy atom. The van der Waals surface area contributed by atoms with E-state index in [9.17, 15) is 19.2 Å². The van der Waals surface area contributed by atoms with E-state index in [1.807, 2.05) is 0 Å². The van der Waals surface area contributed by atoms with E-state index in [-0.39, 0.29) is 25.2 Å². The molecule has 0 aliphatic carbocycles. The lowest BCUT2D eigenvalue weighted by Gasteiger charge is -2.16. The number of carbonyl (C=O) groups is 4. The number of fused-ring (bicyclic) bond motifs is 1. The van der Waals surface area contributed by atoms with Gasteiger partial charge in [0.2, 0.25) is 0 Å². The van der Waals surface area contributed by atoms with Gasteiger partial charge in [0.05, 0.1) is 37.1 Å². The minimum absolute atomic E-state index is 0.0451. The van der Waals surface area contributed by atoms with Crippen LogP contribution in [0.1, 0.15) is 41.5 Å². The van der Waals surface area contributed by atoms with Crippen molar-refractivity contribution in [1.29, 1.82) is 0 Å². The van der Waals surface area contributed by atoms with Crippen LogP contribution in [0.15, 0.2) is 36.4 Å². The van der Waals surface area contributed by atoms with E-state index in [1.165, 1.54) is 6.92 Å². The number of cyclic esters (lactones) is 4. The molecule has 30 heavy (non-hydrogen) atoms. The summed E-state index contributed by atoms with van der Waals surface area (Å²) in [6, 6.07) is 6.53. The van der Waals surface area contributed by atoms with E-state index in [1.54, 1.807) is 38.1 Å². The highest BCUT2D eigenvalue weighted by molar-refractivity contribution is 6.14. The molecular formula is C20H26O10. The topological polar surface area (TPSA) is 168 Å². The van der Waals surface area contributed by atoms with E-state index in [0.717, 1.165) is 12.2 Å². The average Bonchev–Trinajstić information content (AvgIpc) is 3.24. The lowest BCUT2D eigenvalue weighted by atomic mass is 9.97. The zero-order chi connectivity index (χ0) is 23.3. The van der Waals surface area contributed by atoms with Crippen LogP contribution in [0.5, 0.6) is 0 Å². The summed E-state index contributed by atoms with van der Waals surface area (Å²) in [6.45, 7) is 5.08. The number of hydrogen-bond acceptors (Lipinski definition) is 10. The Morgan fingerprint density at radius 2 is 1.20 bits per heavy atom. The minimum Gasteiger partial charge on any atom is -0.396 e. The van der Waals surface area contributed by atoms with Crippen LogP contribution in [-0.4, -0.2) is 70.2 Å². The van der Waals surface area contributed by atoms with Gasteiger partial charge in [-0.1, -0.05) is 26.0 Å². The quantitative estimate of drug-likeness (QED) is 0.381. The Morgan fingerprint density at radius 1 is 0.833 bits per heavy atom. The van der Waals surface area contributed by atoms with Crippen molar-refractivity contribution in [2.45, 2.75) is 26.9 Å². The first-order chi connectivity index (χ1) is 14.0. The van der Waals surface area contributed by atoms with Gasteiger partial charge in [-0.2, -0.15) is 0 Å². The molecule has 1 unspecified atom stereocenters. The summed E-state index contributed by atoms with van der Waals surface area (Å²) in [4.78, 5) is 41.5. The maximum atomic E-state index is 10.8. The molecule has 1 aromatic carbocycles. The molecule has 0 saturated carbocycles. The average molecular weight is 426 g/mol. The Hall–Kier alpha value is -2.92. The summed E-state index contributed by atoms with van der Waals surface area (Å²) in [7, 11) is 0. The second-order valence-electron chi connectivity index (χ2n) is 6.81. The van der Waals surface area contributed by atoms with Crippen molar-refractivity contribution in [3.8, 4) is 0 Å². The molecule has 0 saturated heterocycles. The maximum Gasteiger partial charge on any atom is 0.346 e. The molecule has 10 heteroatoms. The molecule has 0 fully saturated rings. The highest BCUT2D eigenvalue weighted by atomic mass is 16.6. The molecular weight excluding hydrogens is 400 g/mol. The Balaban J connectivity index is 0.000000393. The smallest absolute Gasteiger partial charge is 0.346 e. The third-order valence-corrected chi connectivity index (χ3v) is 3.23. The van der Waals surface area contributed by atoms with Crippen molar-refractivity contribution in [2.75, 3.05) is 19.8 Å². The number of ether oxygens (including phenoxy) is 2. The second kappa shape index (κ2) is 13.3. The monoisotopic (exact) mass is 426 g/mol. The Labute approximate surface area is 173 Å². The summed E-state index contributed by atoms with van der Waals surface area (Å²) in [5.74, 6) is -2.26. The molecule has 3 rings (SSSR count). The number of rotatable bonds is 3. The first-order valence-corrected chi connectivity index (χ1v) is 8.77. The van der Waals surface area contributed by atoms with Gasteiger partial charge in [0.25, 0.3) is 0 Å². The number of benzene rings is 1. The molecule has 1 atom stereocenters. The van der Waals surface area contributed by atoms with Crippen LogP contribution in [0, 0.1) is 5.41 Å². The molecule has 1 aromatic rings. The summed E-state index contributed by atoms with van der Waals surface area (Å²) in [5.41, 5.74) is 0.412. The van der Waals surface area contributed by atoms with E-state index < -0.39 is 30.0 Å². The van der Waals surface area contributed by atoms with Gasteiger partial charge in [0.1, 0.15) is 0 Å². The van der Waals surface area contributed by atoms with Crippen LogP contribution >= 0.6 is 0 Å². The van der Waals surface area contributed by atoms with Gasteiger partial charge in [-0.3, -0.25) is 0 Å². The van der Waals surface area contributed by atoms with Crippen LogP contribution in [-0.2, 0) is 19.1 Å². The molecule has 166 valence electrons. The standard InChI is InChI=1S/C8H4O3.C5H12O2.C4H2O3.C3H8O2/c9-7-5-3-1-2-4-6(5)8(10)11-7;1-5(2,3-6)4-7;5-3-1-2-4(6)7-3;1-3(5)2-4/h1-4H;6-7H,3-4H2,1-2H3;1-2H;3-5H,2H2,1H3. The van der Waals surface area contributed by atoms with Crippen molar-refractivity contribution in [2.24, 2.45) is 5.41 Å². The van der Waals surface area contributed by atoms with Gasteiger partial charge >= 0.3 is 23.9 Å². The van der Waals surface area contributed by atoms with Crippen LogP contribution < -0.4 is 0 Å². The zero-order valence-electron chi connectivity index (χ0n) is 16.9. The fourth-order valence-corrected chi connectivity index (χ4v) is 1.39.